The van der Waals surface area contributed by atoms with E-state index in [1.54, 1.807) is 12.1 Å². The van der Waals surface area contributed by atoms with Crippen LogP contribution >= 0.6 is 0 Å². The van der Waals surface area contributed by atoms with E-state index in [1.807, 2.05) is 43.5 Å². The van der Waals surface area contributed by atoms with E-state index in [-0.39, 0.29) is 0 Å². The van der Waals surface area contributed by atoms with Crippen molar-refractivity contribution in [2.75, 3.05) is 24.5 Å². The van der Waals surface area contributed by atoms with Gasteiger partial charge in [0.05, 0.1) is 17.3 Å². The highest BCUT2D eigenvalue weighted by molar-refractivity contribution is 5.69. The van der Waals surface area contributed by atoms with Gasteiger partial charge in [0.15, 0.2) is 0 Å². The predicted molar refractivity (Wildman–Crippen MR) is 118 cm³/mol. The Kier molecular flexibility index (Phi) is 5.92. The number of hydrogen-bond acceptors (Lipinski definition) is 6. The summed E-state index contributed by atoms with van der Waals surface area (Å²) in [6.45, 7) is 4.60. The molecule has 1 aromatic carbocycles. The first-order chi connectivity index (χ1) is 14.7. The Labute approximate surface area is 177 Å². The maximum atomic E-state index is 9.37. The average Bonchev–Trinajstić information content (AvgIpc) is 3.29. The Morgan fingerprint density at radius 1 is 1.13 bits per heavy atom. The molecule has 0 radical (unpaired) electrons. The molecular weight excluding hydrogens is 374 g/mol. The quantitative estimate of drug-likeness (QED) is 0.668. The molecule has 2 aromatic heterocycles. The Morgan fingerprint density at radius 3 is 2.67 bits per heavy atom. The lowest BCUT2D eigenvalue weighted by Crippen LogP contribution is -2.19. The van der Waals surface area contributed by atoms with Crippen LogP contribution in [0.2, 0.25) is 0 Å². The summed E-state index contributed by atoms with van der Waals surface area (Å²) in [7, 11) is 0. The second kappa shape index (κ2) is 8.93. The van der Waals surface area contributed by atoms with Gasteiger partial charge >= 0.3 is 0 Å². The van der Waals surface area contributed by atoms with Crippen molar-refractivity contribution in [1.29, 1.82) is 5.26 Å². The van der Waals surface area contributed by atoms with Crippen molar-refractivity contribution in [1.82, 2.24) is 9.97 Å². The van der Waals surface area contributed by atoms with Crippen LogP contribution in [0.15, 0.2) is 48.7 Å². The largest absolute Gasteiger partial charge is 0.456 e. The monoisotopic (exact) mass is 399 g/mol. The zero-order valence-corrected chi connectivity index (χ0v) is 17.1. The summed E-state index contributed by atoms with van der Waals surface area (Å²) >= 11 is 0. The summed E-state index contributed by atoms with van der Waals surface area (Å²) in [5.41, 5.74) is 9.80. The summed E-state index contributed by atoms with van der Waals surface area (Å²) in [5, 5.41) is 9.37. The molecule has 3 aromatic rings. The van der Waals surface area contributed by atoms with Gasteiger partial charge in [0.25, 0.3) is 0 Å². The van der Waals surface area contributed by atoms with Gasteiger partial charge in [0.2, 0.25) is 0 Å². The van der Waals surface area contributed by atoms with E-state index in [0.29, 0.717) is 23.6 Å². The summed E-state index contributed by atoms with van der Waals surface area (Å²) in [6, 6.07) is 15.5. The smallest absolute Gasteiger partial charge is 0.138 e. The molecule has 2 N–H and O–H groups in total. The van der Waals surface area contributed by atoms with Gasteiger partial charge in [-0.15, -0.1) is 0 Å². The zero-order chi connectivity index (χ0) is 20.9. The predicted octanol–water partition coefficient (Wildman–Crippen LogP) is 4.22. The fourth-order valence-corrected chi connectivity index (χ4v) is 3.70. The van der Waals surface area contributed by atoms with E-state index in [4.69, 9.17) is 10.5 Å². The number of hydrogen-bond donors (Lipinski definition) is 1. The van der Waals surface area contributed by atoms with E-state index < -0.39 is 0 Å². The molecule has 1 fully saturated rings. The molecule has 0 spiro atoms. The number of nitriles is 1. The number of rotatable bonds is 6. The first kappa shape index (κ1) is 19.9. The summed E-state index contributed by atoms with van der Waals surface area (Å²) in [6.07, 6.45) is 5.00. The Hall–Kier alpha value is -3.43. The zero-order valence-electron chi connectivity index (χ0n) is 17.1. The Morgan fingerprint density at radius 2 is 1.97 bits per heavy atom. The number of aromatic nitrogens is 2. The standard InChI is InChI=1S/C24H25N5O/c1-17-12-20(14-24(28-17)29-10-2-3-11-29)30-23-13-19(15-26)4-6-21(23)22-7-5-18(8-9-25)16-27-22/h4-7,12-14,16H,2-3,8-11,25H2,1H3. The molecule has 0 saturated carbocycles. The molecule has 1 saturated heterocycles. The van der Waals surface area contributed by atoms with E-state index >= 15 is 0 Å². The number of anilines is 1. The fourth-order valence-electron chi connectivity index (χ4n) is 3.70. The van der Waals surface area contributed by atoms with Gasteiger partial charge in [0, 0.05) is 42.7 Å². The van der Waals surface area contributed by atoms with Gasteiger partial charge in [-0.25, -0.2) is 4.98 Å². The lowest BCUT2D eigenvalue weighted by atomic mass is 10.1. The molecule has 4 rings (SSSR count). The number of ether oxygens (including phenoxy) is 1. The van der Waals surface area contributed by atoms with Crippen LogP contribution in [0.25, 0.3) is 11.3 Å². The van der Waals surface area contributed by atoms with E-state index in [9.17, 15) is 5.26 Å². The summed E-state index contributed by atoms with van der Waals surface area (Å²) in [5.74, 6) is 2.25. The third-order valence-corrected chi connectivity index (χ3v) is 5.22. The molecule has 0 amide bonds. The molecule has 152 valence electrons. The van der Waals surface area contributed by atoms with Gasteiger partial charge in [-0.3, -0.25) is 4.98 Å². The number of pyridine rings is 2. The lowest BCUT2D eigenvalue weighted by molar-refractivity contribution is 0.482. The van der Waals surface area contributed by atoms with Crippen molar-refractivity contribution in [3.8, 4) is 28.8 Å². The maximum absolute atomic E-state index is 9.37. The normalized spacial score (nSPS) is 13.3. The van der Waals surface area contributed by atoms with Crippen molar-refractivity contribution < 1.29 is 4.74 Å². The third kappa shape index (κ3) is 4.42. The molecule has 3 heterocycles. The molecule has 0 bridgehead atoms. The molecule has 30 heavy (non-hydrogen) atoms. The average molecular weight is 399 g/mol. The molecule has 1 aliphatic rings. The minimum atomic E-state index is 0.541. The van der Waals surface area contributed by atoms with Crippen LogP contribution in [0.3, 0.4) is 0 Å². The van der Waals surface area contributed by atoms with Crippen molar-refractivity contribution >= 4 is 5.82 Å². The van der Waals surface area contributed by atoms with Gasteiger partial charge in [-0.1, -0.05) is 6.07 Å². The number of aryl methyl sites for hydroxylation is 1. The van der Waals surface area contributed by atoms with Crippen LogP contribution in [0.4, 0.5) is 5.82 Å². The Bertz CT molecular complexity index is 1070. The van der Waals surface area contributed by atoms with Gasteiger partial charge < -0.3 is 15.4 Å². The third-order valence-electron chi connectivity index (χ3n) is 5.22. The van der Waals surface area contributed by atoms with Crippen LogP contribution in [-0.2, 0) is 6.42 Å². The summed E-state index contributed by atoms with van der Waals surface area (Å²) in [4.78, 5) is 11.5. The van der Waals surface area contributed by atoms with E-state index in [2.05, 4.69) is 20.9 Å². The highest BCUT2D eigenvalue weighted by Crippen LogP contribution is 2.35. The van der Waals surface area contributed by atoms with Crippen LogP contribution in [-0.4, -0.2) is 29.6 Å². The van der Waals surface area contributed by atoms with E-state index in [0.717, 1.165) is 47.8 Å². The molecule has 0 atom stereocenters. The van der Waals surface area contributed by atoms with Crippen molar-refractivity contribution in [2.24, 2.45) is 5.73 Å². The highest BCUT2D eigenvalue weighted by atomic mass is 16.5. The topological polar surface area (TPSA) is 88.1 Å². The van der Waals surface area contributed by atoms with Crippen LogP contribution < -0.4 is 15.4 Å². The highest BCUT2D eigenvalue weighted by Gasteiger charge is 2.16. The van der Waals surface area contributed by atoms with Crippen LogP contribution in [0.1, 0.15) is 29.7 Å². The SMILES string of the molecule is Cc1cc(Oc2cc(C#N)ccc2-c2ccc(CCN)cn2)cc(N2CCCC2)n1. The molecular formula is C24H25N5O. The van der Waals surface area contributed by atoms with E-state index in [1.165, 1.54) is 12.8 Å². The van der Waals surface area contributed by atoms with Crippen molar-refractivity contribution in [2.45, 2.75) is 26.2 Å². The maximum Gasteiger partial charge on any atom is 0.138 e. The van der Waals surface area contributed by atoms with Crippen molar-refractivity contribution in [3.63, 3.8) is 0 Å². The number of benzene rings is 1. The number of nitrogens with two attached hydrogens (primary N) is 1. The first-order valence-electron chi connectivity index (χ1n) is 10.3. The minimum Gasteiger partial charge on any atom is -0.456 e. The molecule has 6 heteroatoms. The molecule has 6 nitrogen and oxygen atoms in total. The molecule has 0 aliphatic carbocycles. The van der Waals surface area contributed by atoms with Gasteiger partial charge in [-0.05, 0) is 62.6 Å². The fraction of sp³-hybridized carbons (Fsp3) is 0.292. The molecule has 0 unspecified atom stereocenters. The second-order valence-corrected chi connectivity index (χ2v) is 7.51. The minimum absolute atomic E-state index is 0.541. The lowest BCUT2D eigenvalue weighted by Gasteiger charge is -2.18. The molecule has 1 aliphatic heterocycles. The van der Waals surface area contributed by atoms with Gasteiger partial charge in [0.1, 0.15) is 17.3 Å². The van der Waals surface area contributed by atoms with Gasteiger partial charge in [-0.2, -0.15) is 5.26 Å². The first-order valence-corrected chi connectivity index (χ1v) is 10.3. The Balaban J connectivity index is 1.69. The van der Waals surface area contributed by atoms with Crippen molar-refractivity contribution in [3.05, 3.63) is 65.5 Å². The second-order valence-electron chi connectivity index (χ2n) is 7.51. The van der Waals surface area contributed by atoms with Crippen LogP contribution in [0, 0.1) is 18.3 Å². The summed E-state index contributed by atoms with van der Waals surface area (Å²) < 4.78 is 6.29. The number of nitrogens with zero attached hydrogens (tertiary/aromatic N) is 4. The van der Waals surface area contributed by atoms with Crippen LogP contribution in [0.5, 0.6) is 11.5 Å².